The van der Waals surface area contributed by atoms with E-state index in [0.717, 1.165) is 42.4 Å². The van der Waals surface area contributed by atoms with Gasteiger partial charge in [-0.3, -0.25) is 0 Å². The lowest BCUT2D eigenvalue weighted by molar-refractivity contribution is -0.149. The molecule has 0 radical (unpaired) electrons. The molecular formula is C24H20O3. The predicted molar refractivity (Wildman–Crippen MR) is 102 cm³/mol. The molecule has 3 nitrogen and oxygen atoms in total. The Morgan fingerprint density at radius 1 is 0.667 bits per heavy atom. The van der Waals surface area contributed by atoms with E-state index in [4.69, 9.17) is 4.74 Å². The molecule has 3 heteroatoms. The molecule has 0 unspecified atom stereocenters. The highest BCUT2D eigenvalue weighted by Crippen LogP contribution is 2.53. The summed E-state index contributed by atoms with van der Waals surface area (Å²) in [6, 6.07) is 19.6. The average Bonchev–Trinajstić information content (AvgIpc) is 3.60. The monoisotopic (exact) mass is 356 g/mol. The highest BCUT2D eigenvalue weighted by atomic mass is 16.6. The Labute approximate surface area is 158 Å². The van der Waals surface area contributed by atoms with Crippen LogP contribution in [0.2, 0.25) is 0 Å². The Hall–Kier alpha value is -2.94. The van der Waals surface area contributed by atoms with E-state index in [0.29, 0.717) is 23.0 Å². The number of hydrogen-bond acceptors (Lipinski definition) is 3. The molecule has 0 N–H and O–H groups in total. The molecule has 0 spiro atoms. The van der Waals surface area contributed by atoms with E-state index in [-0.39, 0.29) is 0 Å². The molecule has 3 fully saturated rings. The number of esters is 2. The zero-order chi connectivity index (χ0) is 18.4. The van der Waals surface area contributed by atoms with Gasteiger partial charge in [0.25, 0.3) is 0 Å². The van der Waals surface area contributed by atoms with Crippen LogP contribution in [0.4, 0.5) is 0 Å². The summed E-state index contributed by atoms with van der Waals surface area (Å²) >= 11 is 0. The van der Waals surface area contributed by atoms with Crippen molar-refractivity contribution in [1.29, 1.82) is 0 Å². The molecule has 0 bridgehead atoms. The summed E-state index contributed by atoms with van der Waals surface area (Å²) in [5, 5.41) is 0. The summed E-state index contributed by atoms with van der Waals surface area (Å²) in [5.74, 6) is -0.104. The van der Waals surface area contributed by atoms with E-state index >= 15 is 0 Å². The van der Waals surface area contributed by atoms with E-state index < -0.39 is 11.9 Å². The van der Waals surface area contributed by atoms with Crippen LogP contribution in [-0.2, 0) is 14.3 Å². The predicted octanol–water partition coefficient (Wildman–Crippen LogP) is 4.69. The van der Waals surface area contributed by atoms with Crippen LogP contribution >= 0.6 is 0 Å². The Morgan fingerprint density at radius 2 is 1.11 bits per heavy atom. The van der Waals surface area contributed by atoms with Gasteiger partial charge in [-0.15, -0.1) is 0 Å². The molecule has 0 atom stereocenters. The molecule has 1 aliphatic heterocycles. The maximum absolute atomic E-state index is 12.8. The number of ether oxygens (including phenoxy) is 1. The van der Waals surface area contributed by atoms with Gasteiger partial charge in [0.2, 0.25) is 0 Å². The third-order valence-electron chi connectivity index (χ3n) is 5.54. The van der Waals surface area contributed by atoms with E-state index in [1.54, 1.807) is 0 Å². The standard InChI is InChI=1S/C24H20O3/c25-23-21(22(24(26)27-23)20(17-11-12-17)18-13-14-18)19(15-7-3-1-4-8-15)16-9-5-2-6-10-16/h1-10,17-18H,11-14H2. The molecule has 2 aromatic rings. The third-order valence-corrected chi connectivity index (χ3v) is 5.54. The minimum Gasteiger partial charge on any atom is -0.386 e. The number of carbonyl (C=O) groups is 2. The molecule has 2 aromatic carbocycles. The first-order valence-electron chi connectivity index (χ1n) is 9.60. The molecule has 134 valence electrons. The molecule has 5 rings (SSSR count). The van der Waals surface area contributed by atoms with Crippen molar-refractivity contribution >= 4 is 17.5 Å². The Morgan fingerprint density at radius 3 is 1.56 bits per heavy atom. The fourth-order valence-electron chi connectivity index (χ4n) is 4.07. The fraction of sp³-hybridized carbons (Fsp3) is 0.250. The minimum atomic E-state index is -0.517. The van der Waals surface area contributed by atoms with Crippen molar-refractivity contribution in [1.82, 2.24) is 0 Å². The number of allylic oxidation sites excluding steroid dienone is 1. The van der Waals surface area contributed by atoms with Crippen LogP contribution in [-0.4, -0.2) is 11.9 Å². The van der Waals surface area contributed by atoms with Crippen LogP contribution in [0, 0.1) is 11.8 Å². The zero-order valence-corrected chi connectivity index (χ0v) is 15.0. The van der Waals surface area contributed by atoms with Gasteiger partial charge in [0.15, 0.2) is 0 Å². The molecule has 0 aromatic heterocycles. The maximum atomic E-state index is 12.8. The van der Waals surface area contributed by atoms with Crippen molar-refractivity contribution in [3.8, 4) is 0 Å². The van der Waals surface area contributed by atoms with Gasteiger partial charge in [0.1, 0.15) is 0 Å². The van der Waals surface area contributed by atoms with Crippen LogP contribution in [0.5, 0.6) is 0 Å². The summed E-state index contributed by atoms with van der Waals surface area (Å²) in [7, 11) is 0. The smallest absolute Gasteiger partial charge is 0.347 e. The quantitative estimate of drug-likeness (QED) is 0.453. The maximum Gasteiger partial charge on any atom is 0.347 e. The molecular weight excluding hydrogens is 336 g/mol. The minimum absolute atomic E-state index is 0.439. The van der Waals surface area contributed by atoms with Crippen LogP contribution < -0.4 is 0 Å². The van der Waals surface area contributed by atoms with Crippen LogP contribution in [0.25, 0.3) is 5.57 Å². The van der Waals surface area contributed by atoms with Crippen LogP contribution in [0.15, 0.2) is 77.4 Å². The molecule has 2 saturated carbocycles. The first kappa shape index (κ1) is 16.2. The summed E-state index contributed by atoms with van der Waals surface area (Å²) in [4.78, 5) is 25.6. The SMILES string of the molecule is O=C1OC(=O)C(=C(C2CC2)C2CC2)C1=C(c1ccccc1)c1ccccc1. The van der Waals surface area contributed by atoms with Crippen molar-refractivity contribution in [2.24, 2.45) is 11.8 Å². The lowest BCUT2D eigenvalue weighted by Crippen LogP contribution is -2.06. The van der Waals surface area contributed by atoms with Gasteiger partial charge in [-0.05, 0) is 54.2 Å². The second kappa shape index (κ2) is 6.34. The lowest BCUT2D eigenvalue weighted by Gasteiger charge is -2.14. The highest BCUT2D eigenvalue weighted by molar-refractivity contribution is 6.23. The fourth-order valence-corrected chi connectivity index (χ4v) is 4.07. The summed E-state index contributed by atoms with van der Waals surface area (Å²) < 4.78 is 5.15. The van der Waals surface area contributed by atoms with Gasteiger partial charge >= 0.3 is 11.9 Å². The van der Waals surface area contributed by atoms with Crippen molar-refractivity contribution in [2.75, 3.05) is 0 Å². The Bertz CT molecular complexity index is 919. The van der Waals surface area contributed by atoms with Crippen molar-refractivity contribution < 1.29 is 14.3 Å². The normalized spacial score (nSPS) is 19.3. The second-order valence-corrected chi connectivity index (χ2v) is 7.54. The zero-order valence-electron chi connectivity index (χ0n) is 15.0. The van der Waals surface area contributed by atoms with E-state index in [1.165, 1.54) is 5.57 Å². The van der Waals surface area contributed by atoms with E-state index in [9.17, 15) is 9.59 Å². The Kier molecular flexibility index (Phi) is 3.82. The van der Waals surface area contributed by atoms with Gasteiger partial charge in [-0.2, -0.15) is 0 Å². The van der Waals surface area contributed by atoms with Crippen molar-refractivity contribution in [2.45, 2.75) is 25.7 Å². The molecule has 1 heterocycles. The van der Waals surface area contributed by atoms with Crippen LogP contribution in [0.1, 0.15) is 36.8 Å². The van der Waals surface area contributed by atoms with Crippen LogP contribution in [0.3, 0.4) is 0 Å². The lowest BCUT2D eigenvalue weighted by atomic mass is 9.86. The number of rotatable bonds is 4. The first-order valence-corrected chi connectivity index (χ1v) is 9.60. The largest absolute Gasteiger partial charge is 0.386 e. The topological polar surface area (TPSA) is 43.4 Å². The van der Waals surface area contributed by atoms with Gasteiger partial charge in [-0.25, -0.2) is 9.59 Å². The molecule has 1 saturated heterocycles. The third kappa shape index (κ3) is 2.93. The van der Waals surface area contributed by atoms with Gasteiger partial charge in [0.05, 0.1) is 11.1 Å². The molecule has 0 amide bonds. The average molecular weight is 356 g/mol. The van der Waals surface area contributed by atoms with Gasteiger partial charge in [-0.1, -0.05) is 60.7 Å². The van der Waals surface area contributed by atoms with Crippen molar-refractivity contribution in [3.63, 3.8) is 0 Å². The number of hydrogen-bond donors (Lipinski definition) is 0. The Balaban J connectivity index is 1.82. The summed E-state index contributed by atoms with van der Waals surface area (Å²) in [6.45, 7) is 0. The molecule has 3 aliphatic rings. The van der Waals surface area contributed by atoms with Gasteiger partial charge in [0, 0.05) is 5.57 Å². The highest BCUT2D eigenvalue weighted by Gasteiger charge is 2.46. The first-order chi connectivity index (χ1) is 13.2. The molecule has 27 heavy (non-hydrogen) atoms. The van der Waals surface area contributed by atoms with E-state index in [1.807, 2.05) is 60.7 Å². The number of benzene rings is 2. The summed E-state index contributed by atoms with van der Waals surface area (Å²) in [6.07, 6.45) is 4.43. The summed E-state index contributed by atoms with van der Waals surface area (Å²) in [5.41, 5.74) is 4.81. The van der Waals surface area contributed by atoms with E-state index in [2.05, 4.69) is 0 Å². The number of carbonyl (C=O) groups excluding carboxylic acids is 2. The molecule has 2 aliphatic carbocycles. The van der Waals surface area contributed by atoms with Gasteiger partial charge < -0.3 is 4.74 Å². The van der Waals surface area contributed by atoms with Crippen molar-refractivity contribution in [3.05, 3.63) is 88.5 Å². The number of cyclic esters (lactones) is 2. The second-order valence-electron chi connectivity index (χ2n) is 7.54.